The lowest BCUT2D eigenvalue weighted by molar-refractivity contribution is -0.153. The summed E-state index contributed by atoms with van der Waals surface area (Å²) in [4.78, 5) is 38.4. The first kappa shape index (κ1) is 34.4. The molecule has 1 aliphatic carbocycles. The molecule has 1 aromatic heterocycles. The first-order chi connectivity index (χ1) is 20.0. The Morgan fingerprint density at radius 2 is 1.58 bits per heavy atom. The van der Waals surface area contributed by atoms with Crippen LogP contribution < -0.4 is 10.6 Å². The fourth-order valence-electron chi connectivity index (χ4n) is 5.46. The lowest BCUT2D eigenvalue weighted by Gasteiger charge is -2.26. The fourth-order valence-corrected chi connectivity index (χ4v) is 5.82. The third-order valence-electron chi connectivity index (χ3n) is 6.98. The number of hydrogen-bond donors (Lipinski definition) is 2. The van der Waals surface area contributed by atoms with Crippen LogP contribution in [0.25, 0.3) is 5.57 Å². The number of anilines is 2. The molecule has 236 valence electrons. The van der Waals surface area contributed by atoms with Gasteiger partial charge in [0.15, 0.2) is 16.5 Å². The number of benzene rings is 1. The number of thioether (sulfide) groups is 1. The Hall–Kier alpha value is -3.14. The zero-order chi connectivity index (χ0) is 32.2. The molecule has 2 heterocycles. The van der Waals surface area contributed by atoms with Crippen LogP contribution in [-0.4, -0.2) is 50.8 Å². The smallest absolute Gasteiger partial charge is 0.343 e. The molecule has 0 amide bonds. The molecule has 1 aliphatic heterocycles. The molecule has 10 heteroatoms. The number of ether oxygens (including phenoxy) is 2. The van der Waals surface area contributed by atoms with E-state index in [1.807, 2.05) is 54.7 Å². The molecule has 43 heavy (non-hydrogen) atoms. The molecule has 1 saturated carbocycles. The Labute approximate surface area is 261 Å². The van der Waals surface area contributed by atoms with E-state index in [-0.39, 0.29) is 22.9 Å². The Balaban J connectivity index is 0.000000271. The molecule has 1 fully saturated rings. The van der Waals surface area contributed by atoms with Gasteiger partial charge < -0.3 is 20.1 Å². The van der Waals surface area contributed by atoms with Gasteiger partial charge in [-0.25, -0.2) is 4.79 Å². The van der Waals surface area contributed by atoms with Gasteiger partial charge in [-0.15, -0.1) is 0 Å². The number of aryl methyl sites for hydroxylation is 3. The van der Waals surface area contributed by atoms with Gasteiger partial charge >= 0.3 is 11.9 Å². The van der Waals surface area contributed by atoms with Crippen LogP contribution in [0.5, 0.6) is 0 Å². The molecule has 0 atom stereocenters. The molecule has 0 bridgehead atoms. The second-order valence-corrected chi connectivity index (χ2v) is 14.4. The van der Waals surface area contributed by atoms with Crippen LogP contribution in [-0.2, 0) is 19.1 Å². The van der Waals surface area contributed by atoms with Crippen LogP contribution in [0.1, 0.15) is 103 Å². The van der Waals surface area contributed by atoms with Gasteiger partial charge in [-0.3, -0.25) is 4.79 Å². The minimum atomic E-state index is -0.774. The van der Waals surface area contributed by atoms with Gasteiger partial charge in [0.1, 0.15) is 5.57 Å². The number of esters is 2. The fraction of sp³-hybridized carbons (Fsp3) is 0.606. The largest absolute Gasteiger partial charge is 0.447 e. The molecule has 0 saturated heterocycles. The van der Waals surface area contributed by atoms with Crippen molar-refractivity contribution in [3.8, 4) is 0 Å². The third kappa shape index (κ3) is 9.17. The van der Waals surface area contributed by atoms with Gasteiger partial charge in [0.05, 0.1) is 6.42 Å². The maximum atomic E-state index is 12.9. The van der Waals surface area contributed by atoms with E-state index in [1.54, 1.807) is 0 Å². The molecule has 1 aromatic carbocycles. The highest BCUT2D eigenvalue weighted by Crippen LogP contribution is 2.49. The van der Waals surface area contributed by atoms with E-state index >= 15 is 0 Å². The lowest BCUT2D eigenvalue weighted by Crippen LogP contribution is -2.31. The molecule has 9 nitrogen and oxygen atoms in total. The summed E-state index contributed by atoms with van der Waals surface area (Å²) in [6.45, 7) is 21.0. The number of aromatic nitrogens is 3. The van der Waals surface area contributed by atoms with Gasteiger partial charge in [0.25, 0.3) is 0 Å². The van der Waals surface area contributed by atoms with Gasteiger partial charge in [0.2, 0.25) is 11.9 Å². The zero-order valence-electron chi connectivity index (χ0n) is 27.8. The molecule has 2 N–H and O–H groups in total. The Bertz CT molecular complexity index is 1350. The number of rotatable bonds is 7. The lowest BCUT2D eigenvalue weighted by atomic mass is 9.89. The van der Waals surface area contributed by atoms with Crippen molar-refractivity contribution in [1.82, 2.24) is 15.0 Å². The summed E-state index contributed by atoms with van der Waals surface area (Å²) in [5.41, 5.74) is 3.41. The second kappa shape index (κ2) is 13.7. The standard InChI is InChI=1S/C23H30O4.C10H19N5S/c1-14-11-15(2)18(16(3)12-14)19-20(26-17(24)13-22(4,5)6)23(27-21(19)25)9-7-8-10-23;1-6-11-7-12-8(15-10(2,3)4)14-9(13-7)16-5/h11-12H,7-10,13H2,1-6H3;6H2,1-5H3,(H2,11,12,13,14,15). The van der Waals surface area contributed by atoms with Crippen LogP contribution in [0.2, 0.25) is 0 Å². The number of carbonyl (C=O) groups is 2. The van der Waals surface area contributed by atoms with Gasteiger partial charge in [-0.05, 0) is 103 Å². The average Bonchev–Trinajstić information content (AvgIpc) is 3.41. The Morgan fingerprint density at radius 3 is 2.09 bits per heavy atom. The molecular weight excluding hydrogens is 562 g/mol. The minimum Gasteiger partial charge on any atom is -0.447 e. The van der Waals surface area contributed by atoms with E-state index in [2.05, 4.69) is 58.5 Å². The van der Waals surface area contributed by atoms with Crippen molar-refractivity contribution in [2.75, 3.05) is 23.4 Å². The molecule has 1 spiro atoms. The molecule has 2 aliphatic rings. The van der Waals surface area contributed by atoms with E-state index in [0.717, 1.165) is 46.8 Å². The van der Waals surface area contributed by atoms with Crippen molar-refractivity contribution in [2.45, 2.75) is 118 Å². The highest BCUT2D eigenvalue weighted by Gasteiger charge is 2.52. The second-order valence-electron chi connectivity index (χ2n) is 13.7. The Kier molecular flexibility index (Phi) is 10.9. The predicted molar refractivity (Wildman–Crippen MR) is 174 cm³/mol. The van der Waals surface area contributed by atoms with E-state index in [9.17, 15) is 9.59 Å². The summed E-state index contributed by atoms with van der Waals surface area (Å²) >= 11 is 1.51. The highest BCUT2D eigenvalue weighted by molar-refractivity contribution is 7.98. The van der Waals surface area contributed by atoms with Gasteiger partial charge in [0, 0.05) is 12.1 Å². The van der Waals surface area contributed by atoms with Crippen LogP contribution in [0.15, 0.2) is 23.0 Å². The van der Waals surface area contributed by atoms with Gasteiger partial charge in [-0.1, -0.05) is 50.2 Å². The molecule has 0 radical (unpaired) electrons. The average molecular weight is 612 g/mol. The molecular formula is C33H49N5O4S. The molecule has 0 unspecified atom stereocenters. The van der Waals surface area contributed by atoms with Crippen LogP contribution >= 0.6 is 11.8 Å². The van der Waals surface area contributed by atoms with Crippen molar-refractivity contribution < 1.29 is 19.1 Å². The molecule has 4 rings (SSSR count). The summed E-state index contributed by atoms with van der Waals surface area (Å²) in [7, 11) is 0. The number of hydrogen-bond acceptors (Lipinski definition) is 10. The van der Waals surface area contributed by atoms with E-state index in [0.29, 0.717) is 42.5 Å². The van der Waals surface area contributed by atoms with E-state index in [4.69, 9.17) is 9.47 Å². The predicted octanol–water partition coefficient (Wildman–Crippen LogP) is 7.41. The number of nitrogens with one attached hydrogen (secondary N) is 2. The number of nitrogens with zero attached hydrogens (tertiary/aromatic N) is 3. The number of carbonyl (C=O) groups excluding carboxylic acids is 2. The monoisotopic (exact) mass is 611 g/mol. The zero-order valence-corrected chi connectivity index (χ0v) is 28.6. The maximum Gasteiger partial charge on any atom is 0.343 e. The van der Waals surface area contributed by atoms with Crippen molar-refractivity contribution >= 4 is 41.2 Å². The quantitative estimate of drug-likeness (QED) is 0.242. The maximum absolute atomic E-state index is 12.9. The minimum absolute atomic E-state index is 0.0550. The summed E-state index contributed by atoms with van der Waals surface area (Å²) in [6.07, 6.45) is 5.60. The highest BCUT2D eigenvalue weighted by atomic mass is 32.2. The summed E-state index contributed by atoms with van der Waals surface area (Å²) in [5.74, 6) is 0.998. The summed E-state index contributed by atoms with van der Waals surface area (Å²) in [5, 5.41) is 7.05. The van der Waals surface area contributed by atoms with E-state index in [1.165, 1.54) is 11.8 Å². The normalized spacial score (nSPS) is 16.1. The topological polar surface area (TPSA) is 115 Å². The third-order valence-corrected chi connectivity index (χ3v) is 7.53. The first-order valence-electron chi connectivity index (χ1n) is 15.1. The summed E-state index contributed by atoms with van der Waals surface area (Å²) in [6, 6.07) is 4.10. The van der Waals surface area contributed by atoms with Crippen molar-refractivity contribution in [1.29, 1.82) is 0 Å². The van der Waals surface area contributed by atoms with E-state index < -0.39 is 5.60 Å². The van der Waals surface area contributed by atoms with Crippen molar-refractivity contribution in [2.24, 2.45) is 5.41 Å². The van der Waals surface area contributed by atoms with Gasteiger partial charge in [-0.2, -0.15) is 15.0 Å². The molecule has 2 aromatic rings. The van der Waals surface area contributed by atoms with Crippen molar-refractivity contribution in [3.63, 3.8) is 0 Å². The van der Waals surface area contributed by atoms with Crippen LogP contribution in [0, 0.1) is 26.2 Å². The summed E-state index contributed by atoms with van der Waals surface area (Å²) < 4.78 is 11.8. The first-order valence-corrected chi connectivity index (χ1v) is 16.3. The van der Waals surface area contributed by atoms with Crippen LogP contribution in [0.4, 0.5) is 11.9 Å². The van der Waals surface area contributed by atoms with Crippen LogP contribution in [0.3, 0.4) is 0 Å². The Morgan fingerprint density at radius 1 is 1.00 bits per heavy atom. The van der Waals surface area contributed by atoms with Crippen molar-refractivity contribution in [3.05, 3.63) is 40.1 Å². The SMILES string of the molecule is CCNc1nc(NC(C)(C)C)nc(SC)n1.Cc1cc(C)c(C2=C(OC(=O)CC(C)(C)C)C3(CCCC3)OC2=O)c(C)c1.